The van der Waals surface area contributed by atoms with Crippen molar-refractivity contribution in [1.82, 2.24) is 4.24 Å². The minimum Gasteiger partial charge on any atom is -0.259 e. The van der Waals surface area contributed by atoms with Crippen LogP contribution in [0.3, 0.4) is 0 Å². The lowest BCUT2D eigenvalue weighted by atomic mass is 10.0. The first kappa shape index (κ1) is 15.6. The molecular weight excluding hydrogens is 319 g/mol. The maximum Gasteiger partial charge on any atom is 0.157 e. The smallest absolute Gasteiger partial charge is 0.157 e. The molecule has 2 rings (SSSR count). The summed E-state index contributed by atoms with van der Waals surface area (Å²) >= 11 is 15.1. The van der Waals surface area contributed by atoms with Gasteiger partial charge in [0.1, 0.15) is 0 Å². The SMILES string of the molecule is CCCCCCc1cccc2c1N(Cl)C(SNCl)S2. The summed E-state index contributed by atoms with van der Waals surface area (Å²) in [6.07, 6.45) is 6.19. The van der Waals surface area contributed by atoms with Crippen molar-refractivity contribution in [3.63, 3.8) is 0 Å². The summed E-state index contributed by atoms with van der Waals surface area (Å²) in [5.41, 5.74) is 2.50. The van der Waals surface area contributed by atoms with E-state index in [0.717, 1.165) is 12.1 Å². The maximum atomic E-state index is 6.43. The van der Waals surface area contributed by atoms with Gasteiger partial charge in [-0.3, -0.25) is 4.42 Å². The largest absolute Gasteiger partial charge is 0.259 e. The Balaban J connectivity index is 2.05. The van der Waals surface area contributed by atoms with E-state index in [4.69, 9.17) is 23.6 Å². The number of unbranched alkanes of at least 4 members (excludes halogenated alkanes) is 3. The van der Waals surface area contributed by atoms with Gasteiger partial charge in [-0.25, -0.2) is 0 Å². The molecule has 0 saturated carbocycles. The van der Waals surface area contributed by atoms with Crippen LogP contribution in [0.25, 0.3) is 0 Å². The fourth-order valence-corrected chi connectivity index (χ4v) is 4.95. The van der Waals surface area contributed by atoms with Gasteiger partial charge in [-0.2, -0.15) is 4.24 Å². The number of anilines is 1. The zero-order valence-corrected chi connectivity index (χ0v) is 14.0. The number of benzene rings is 1. The summed E-state index contributed by atoms with van der Waals surface area (Å²) in [5.74, 6) is 0. The van der Waals surface area contributed by atoms with Crippen molar-refractivity contribution in [2.75, 3.05) is 4.42 Å². The van der Waals surface area contributed by atoms with Crippen LogP contribution in [-0.4, -0.2) is 4.71 Å². The number of rotatable bonds is 7. The van der Waals surface area contributed by atoms with Crippen molar-refractivity contribution in [2.24, 2.45) is 0 Å². The quantitative estimate of drug-likeness (QED) is 0.398. The molecule has 6 heteroatoms. The van der Waals surface area contributed by atoms with Gasteiger partial charge in [0.15, 0.2) is 4.71 Å². The number of halogens is 2. The van der Waals surface area contributed by atoms with E-state index in [-0.39, 0.29) is 4.71 Å². The van der Waals surface area contributed by atoms with Gasteiger partial charge in [0.05, 0.1) is 5.69 Å². The van der Waals surface area contributed by atoms with Gasteiger partial charge in [-0.15, -0.1) is 0 Å². The summed E-state index contributed by atoms with van der Waals surface area (Å²) in [7, 11) is 0. The normalized spacial score (nSPS) is 17.8. The average Bonchev–Trinajstić information content (AvgIpc) is 2.73. The summed E-state index contributed by atoms with van der Waals surface area (Å²) < 4.78 is 4.49. The van der Waals surface area contributed by atoms with E-state index in [1.165, 1.54) is 48.1 Å². The van der Waals surface area contributed by atoms with Crippen molar-refractivity contribution in [3.8, 4) is 0 Å². The second-order valence-electron chi connectivity index (χ2n) is 4.51. The highest BCUT2D eigenvalue weighted by molar-refractivity contribution is 8.17. The molecule has 0 aromatic heterocycles. The fraction of sp³-hybridized carbons (Fsp3) is 0.538. The molecule has 1 aliphatic heterocycles. The number of hydrogen-bond donors (Lipinski definition) is 1. The zero-order valence-electron chi connectivity index (χ0n) is 10.9. The van der Waals surface area contributed by atoms with Crippen LogP contribution in [0.2, 0.25) is 0 Å². The third-order valence-corrected chi connectivity index (χ3v) is 6.09. The number of aryl methyl sites for hydroxylation is 1. The number of para-hydroxylation sites is 1. The fourth-order valence-electron chi connectivity index (χ4n) is 2.22. The summed E-state index contributed by atoms with van der Waals surface area (Å²) in [6, 6.07) is 6.43. The van der Waals surface area contributed by atoms with Crippen LogP contribution in [0.1, 0.15) is 38.2 Å². The third-order valence-electron chi connectivity index (χ3n) is 3.15. The van der Waals surface area contributed by atoms with Gasteiger partial charge < -0.3 is 0 Å². The van der Waals surface area contributed by atoms with Gasteiger partial charge in [0, 0.05) is 16.7 Å². The first-order chi connectivity index (χ1) is 9.27. The topological polar surface area (TPSA) is 15.3 Å². The van der Waals surface area contributed by atoms with Crippen molar-refractivity contribution in [3.05, 3.63) is 23.8 Å². The van der Waals surface area contributed by atoms with E-state index in [1.807, 2.05) is 0 Å². The first-order valence-corrected chi connectivity index (χ1v) is 9.00. The molecule has 1 aliphatic rings. The maximum absolute atomic E-state index is 6.43. The van der Waals surface area contributed by atoms with Gasteiger partial charge in [0.2, 0.25) is 0 Å². The zero-order chi connectivity index (χ0) is 13.7. The van der Waals surface area contributed by atoms with Crippen LogP contribution in [0.4, 0.5) is 5.69 Å². The first-order valence-electron chi connectivity index (χ1n) is 6.52. The number of thioether (sulfide) groups is 1. The lowest BCUT2D eigenvalue weighted by molar-refractivity contribution is 0.666. The Hall–Kier alpha value is 0.260. The second-order valence-corrected chi connectivity index (χ2v) is 7.59. The Morgan fingerprint density at radius 3 is 2.95 bits per heavy atom. The van der Waals surface area contributed by atoms with E-state index < -0.39 is 0 Å². The van der Waals surface area contributed by atoms with E-state index in [2.05, 4.69) is 29.4 Å². The molecule has 1 aromatic carbocycles. The third kappa shape index (κ3) is 3.88. The molecule has 106 valence electrons. The van der Waals surface area contributed by atoms with Crippen molar-refractivity contribution in [1.29, 1.82) is 0 Å². The van der Waals surface area contributed by atoms with Gasteiger partial charge >= 0.3 is 0 Å². The van der Waals surface area contributed by atoms with Crippen molar-refractivity contribution >= 4 is 53.0 Å². The number of nitrogens with one attached hydrogen (secondary N) is 1. The summed E-state index contributed by atoms with van der Waals surface area (Å²) in [4.78, 5) is 1.24. The molecular formula is C13H18Cl2N2S2. The molecule has 0 saturated heterocycles. The molecule has 2 nitrogen and oxygen atoms in total. The lowest BCUT2D eigenvalue weighted by Gasteiger charge is -2.18. The minimum absolute atomic E-state index is 0.0889. The van der Waals surface area contributed by atoms with Crippen LogP contribution in [0.15, 0.2) is 23.1 Å². The molecule has 0 spiro atoms. The van der Waals surface area contributed by atoms with E-state index in [9.17, 15) is 0 Å². The van der Waals surface area contributed by atoms with Crippen LogP contribution in [0.5, 0.6) is 0 Å². The molecule has 19 heavy (non-hydrogen) atoms. The Bertz CT molecular complexity index is 418. The minimum atomic E-state index is 0.0889. The van der Waals surface area contributed by atoms with Crippen molar-refractivity contribution in [2.45, 2.75) is 48.6 Å². The highest BCUT2D eigenvalue weighted by Crippen LogP contribution is 2.50. The Kier molecular flexibility index (Phi) is 6.50. The Morgan fingerprint density at radius 2 is 2.21 bits per heavy atom. The molecule has 1 unspecified atom stereocenters. The van der Waals surface area contributed by atoms with Gasteiger partial charge in [-0.1, -0.05) is 50.1 Å². The van der Waals surface area contributed by atoms with E-state index in [1.54, 1.807) is 16.2 Å². The standard InChI is InChI=1S/C13H18Cl2N2S2/c1-2-3-4-5-7-10-8-6-9-11-12(10)17(15)13(18-11)19-16-14/h6,8-9,13,16H,2-5,7H2,1H3. The second kappa shape index (κ2) is 7.89. The predicted octanol–water partition coefficient (Wildman–Crippen LogP) is 5.55. The molecule has 0 amide bonds. The Morgan fingerprint density at radius 1 is 1.37 bits per heavy atom. The molecule has 0 bridgehead atoms. The van der Waals surface area contributed by atoms with Gasteiger partial charge in [0.25, 0.3) is 0 Å². The Labute approximate surface area is 134 Å². The molecule has 1 aromatic rings. The van der Waals surface area contributed by atoms with E-state index >= 15 is 0 Å². The predicted molar refractivity (Wildman–Crippen MR) is 88.8 cm³/mol. The molecule has 0 fully saturated rings. The van der Waals surface area contributed by atoms with Gasteiger partial charge in [-0.05, 0) is 48.2 Å². The monoisotopic (exact) mass is 336 g/mol. The average molecular weight is 337 g/mol. The van der Waals surface area contributed by atoms with E-state index in [0.29, 0.717) is 0 Å². The molecule has 1 heterocycles. The molecule has 1 atom stereocenters. The van der Waals surface area contributed by atoms with Crippen LogP contribution in [0, 0.1) is 0 Å². The van der Waals surface area contributed by atoms with Crippen molar-refractivity contribution < 1.29 is 0 Å². The number of fused-ring (bicyclic) bond motifs is 1. The number of nitrogens with zero attached hydrogens (tertiary/aromatic N) is 1. The van der Waals surface area contributed by atoms with Crippen LogP contribution in [-0.2, 0) is 6.42 Å². The molecule has 0 aliphatic carbocycles. The van der Waals surface area contributed by atoms with Crippen LogP contribution >= 0.6 is 47.3 Å². The highest BCUT2D eigenvalue weighted by Gasteiger charge is 2.31. The summed E-state index contributed by atoms with van der Waals surface area (Å²) in [5, 5.41) is 0. The molecule has 1 N–H and O–H groups in total. The van der Waals surface area contributed by atoms with Crippen LogP contribution < -0.4 is 8.66 Å². The summed E-state index contributed by atoms with van der Waals surface area (Å²) in [6.45, 7) is 2.23. The lowest BCUT2D eigenvalue weighted by Crippen LogP contribution is -2.18. The molecule has 0 radical (unpaired) electrons. The highest BCUT2D eigenvalue weighted by atomic mass is 35.5. The number of hydrogen-bond acceptors (Lipinski definition) is 4.